The van der Waals surface area contributed by atoms with Crippen molar-refractivity contribution in [2.75, 3.05) is 25.2 Å². The highest BCUT2D eigenvalue weighted by molar-refractivity contribution is 9.10. The van der Waals surface area contributed by atoms with Gasteiger partial charge in [-0.2, -0.15) is 0 Å². The standard InChI is InChI=1S/C19H19BrN2O3/c1-25-17-6-3-2-5-16(17)22(13-21-12-4-7-18(21)23)19(24)14-8-10-15(20)11-9-14/h2-3,5-6,8-11H,4,7,12-13H2,1H3. The Morgan fingerprint density at radius 2 is 1.92 bits per heavy atom. The fraction of sp³-hybridized carbons (Fsp3) is 0.263. The lowest BCUT2D eigenvalue weighted by Gasteiger charge is -2.29. The van der Waals surface area contributed by atoms with Crippen LogP contribution in [-0.2, 0) is 4.79 Å². The summed E-state index contributed by atoms with van der Waals surface area (Å²) in [5.41, 5.74) is 1.21. The second kappa shape index (κ2) is 7.70. The maximum atomic E-state index is 13.1. The largest absolute Gasteiger partial charge is 0.495 e. The minimum absolute atomic E-state index is 0.0727. The fourth-order valence-electron chi connectivity index (χ4n) is 2.88. The van der Waals surface area contributed by atoms with Gasteiger partial charge in [0.15, 0.2) is 0 Å². The van der Waals surface area contributed by atoms with Gasteiger partial charge in [-0.3, -0.25) is 14.5 Å². The lowest BCUT2D eigenvalue weighted by atomic mass is 10.2. The van der Waals surface area contributed by atoms with Crippen LogP contribution in [0, 0.1) is 0 Å². The summed E-state index contributed by atoms with van der Waals surface area (Å²) in [5.74, 6) is 0.500. The Morgan fingerprint density at radius 3 is 2.56 bits per heavy atom. The molecule has 3 rings (SSSR count). The fourth-order valence-corrected chi connectivity index (χ4v) is 3.14. The molecule has 2 aromatic rings. The monoisotopic (exact) mass is 402 g/mol. The Bertz CT molecular complexity index is 776. The van der Waals surface area contributed by atoms with Crippen LogP contribution in [0.2, 0.25) is 0 Å². The molecule has 2 amide bonds. The molecule has 25 heavy (non-hydrogen) atoms. The molecule has 1 aliphatic rings. The van der Waals surface area contributed by atoms with Crippen LogP contribution in [0.4, 0.5) is 5.69 Å². The molecule has 1 heterocycles. The van der Waals surface area contributed by atoms with Gasteiger partial charge in [-0.25, -0.2) is 0 Å². The summed E-state index contributed by atoms with van der Waals surface area (Å²) < 4.78 is 6.32. The first kappa shape index (κ1) is 17.5. The zero-order valence-corrected chi connectivity index (χ0v) is 15.5. The Kier molecular flexibility index (Phi) is 5.38. The van der Waals surface area contributed by atoms with Crippen molar-refractivity contribution in [1.29, 1.82) is 0 Å². The van der Waals surface area contributed by atoms with Gasteiger partial charge in [-0.1, -0.05) is 28.1 Å². The van der Waals surface area contributed by atoms with Crippen molar-refractivity contribution in [1.82, 2.24) is 4.90 Å². The van der Waals surface area contributed by atoms with E-state index in [2.05, 4.69) is 15.9 Å². The molecular formula is C19H19BrN2O3. The van der Waals surface area contributed by atoms with Crippen molar-refractivity contribution < 1.29 is 14.3 Å². The summed E-state index contributed by atoms with van der Waals surface area (Å²) >= 11 is 3.38. The smallest absolute Gasteiger partial charge is 0.259 e. The first-order chi connectivity index (χ1) is 12.1. The highest BCUT2D eigenvalue weighted by Gasteiger charge is 2.27. The first-order valence-electron chi connectivity index (χ1n) is 8.08. The van der Waals surface area contributed by atoms with Gasteiger partial charge in [0.1, 0.15) is 12.4 Å². The SMILES string of the molecule is COc1ccccc1N(CN1CCCC1=O)C(=O)c1ccc(Br)cc1. The van der Waals surface area contributed by atoms with Gasteiger partial charge in [0.25, 0.3) is 5.91 Å². The number of carbonyl (C=O) groups excluding carboxylic acids is 2. The molecule has 0 radical (unpaired) electrons. The zero-order valence-electron chi connectivity index (χ0n) is 13.9. The number of halogens is 1. The van der Waals surface area contributed by atoms with Crippen LogP contribution in [0.25, 0.3) is 0 Å². The summed E-state index contributed by atoms with van der Waals surface area (Å²) in [6.07, 6.45) is 1.36. The molecule has 0 saturated carbocycles. The molecule has 1 aliphatic heterocycles. The van der Waals surface area contributed by atoms with E-state index in [4.69, 9.17) is 4.74 Å². The van der Waals surface area contributed by atoms with Crippen LogP contribution in [0.1, 0.15) is 23.2 Å². The van der Waals surface area contributed by atoms with E-state index in [1.807, 2.05) is 36.4 Å². The van der Waals surface area contributed by atoms with Crippen LogP contribution in [0.3, 0.4) is 0 Å². The molecule has 2 aromatic carbocycles. The normalized spacial score (nSPS) is 13.8. The number of anilines is 1. The summed E-state index contributed by atoms with van der Waals surface area (Å²) in [4.78, 5) is 28.5. The van der Waals surface area contributed by atoms with Gasteiger partial charge in [-0.05, 0) is 42.8 Å². The number of methoxy groups -OCH3 is 1. The number of para-hydroxylation sites is 2. The number of benzene rings is 2. The number of nitrogens with zero attached hydrogens (tertiary/aromatic N) is 2. The molecule has 0 spiro atoms. The molecule has 0 aliphatic carbocycles. The predicted molar refractivity (Wildman–Crippen MR) is 99.8 cm³/mol. The molecule has 0 unspecified atom stereocenters. The summed E-state index contributed by atoms with van der Waals surface area (Å²) in [7, 11) is 1.57. The third-order valence-corrected chi connectivity index (χ3v) is 4.72. The quantitative estimate of drug-likeness (QED) is 0.766. The molecule has 5 nitrogen and oxygen atoms in total. The second-order valence-corrected chi connectivity index (χ2v) is 6.73. The minimum atomic E-state index is -0.170. The molecule has 6 heteroatoms. The van der Waals surface area contributed by atoms with Crippen molar-refractivity contribution in [3.63, 3.8) is 0 Å². The van der Waals surface area contributed by atoms with Gasteiger partial charge < -0.3 is 9.64 Å². The molecule has 0 bridgehead atoms. The Labute approximate surface area is 155 Å². The second-order valence-electron chi connectivity index (χ2n) is 5.81. The number of likely N-dealkylation sites (tertiary alicyclic amines) is 1. The van der Waals surface area contributed by atoms with E-state index < -0.39 is 0 Å². The van der Waals surface area contributed by atoms with Crippen molar-refractivity contribution in [3.8, 4) is 5.75 Å². The van der Waals surface area contributed by atoms with Crippen molar-refractivity contribution >= 4 is 33.4 Å². The number of hydrogen-bond donors (Lipinski definition) is 0. The Morgan fingerprint density at radius 1 is 1.20 bits per heavy atom. The highest BCUT2D eigenvalue weighted by Crippen LogP contribution is 2.30. The number of hydrogen-bond acceptors (Lipinski definition) is 3. The summed E-state index contributed by atoms with van der Waals surface area (Å²) in [6.45, 7) is 0.881. The number of carbonyl (C=O) groups is 2. The van der Waals surface area contributed by atoms with E-state index in [-0.39, 0.29) is 18.5 Å². The third-order valence-electron chi connectivity index (χ3n) is 4.20. The predicted octanol–water partition coefficient (Wildman–Crippen LogP) is 3.68. The van der Waals surface area contributed by atoms with Crippen molar-refractivity contribution in [3.05, 3.63) is 58.6 Å². The highest BCUT2D eigenvalue weighted by atomic mass is 79.9. The van der Waals surface area contributed by atoms with Gasteiger partial charge in [0.2, 0.25) is 5.91 Å². The van der Waals surface area contributed by atoms with E-state index in [1.54, 1.807) is 29.0 Å². The molecule has 130 valence electrons. The topological polar surface area (TPSA) is 49.9 Å². The average Bonchev–Trinajstić information content (AvgIpc) is 3.04. The molecule has 0 N–H and O–H groups in total. The van der Waals surface area contributed by atoms with E-state index in [1.165, 1.54) is 0 Å². The van der Waals surface area contributed by atoms with Crippen LogP contribution in [0.15, 0.2) is 53.0 Å². The van der Waals surface area contributed by atoms with Gasteiger partial charge in [-0.15, -0.1) is 0 Å². The maximum Gasteiger partial charge on any atom is 0.259 e. The van der Waals surface area contributed by atoms with Crippen LogP contribution < -0.4 is 9.64 Å². The number of rotatable bonds is 5. The summed E-state index contributed by atoms with van der Waals surface area (Å²) in [6, 6.07) is 14.5. The van der Waals surface area contributed by atoms with Crippen LogP contribution >= 0.6 is 15.9 Å². The zero-order chi connectivity index (χ0) is 17.8. The van der Waals surface area contributed by atoms with Crippen molar-refractivity contribution in [2.24, 2.45) is 0 Å². The average molecular weight is 403 g/mol. The molecule has 1 fully saturated rings. The van der Waals surface area contributed by atoms with E-state index in [0.717, 1.165) is 10.9 Å². The number of ether oxygens (including phenoxy) is 1. The Balaban J connectivity index is 1.97. The number of amides is 2. The maximum absolute atomic E-state index is 13.1. The van der Waals surface area contributed by atoms with Gasteiger partial charge >= 0.3 is 0 Å². The first-order valence-corrected chi connectivity index (χ1v) is 8.87. The van der Waals surface area contributed by atoms with E-state index in [0.29, 0.717) is 30.0 Å². The van der Waals surface area contributed by atoms with Crippen molar-refractivity contribution in [2.45, 2.75) is 12.8 Å². The summed E-state index contributed by atoms with van der Waals surface area (Å²) in [5, 5.41) is 0. The third kappa shape index (κ3) is 3.85. The Hall–Kier alpha value is -2.34. The van der Waals surface area contributed by atoms with E-state index >= 15 is 0 Å². The lowest BCUT2D eigenvalue weighted by Crippen LogP contribution is -2.42. The molecule has 0 atom stereocenters. The molecule has 1 saturated heterocycles. The van der Waals surface area contributed by atoms with Crippen LogP contribution in [0.5, 0.6) is 5.75 Å². The van der Waals surface area contributed by atoms with Gasteiger partial charge in [0, 0.05) is 23.0 Å². The lowest BCUT2D eigenvalue weighted by molar-refractivity contribution is -0.127. The van der Waals surface area contributed by atoms with Gasteiger partial charge in [0.05, 0.1) is 12.8 Å². The van der Waals surface area contributed by atoms with Crippen LogP contribution in [-0.4, -0.2) is 37.0 Å². The van der Waals surface area contributed by atoms with E-state index in [9.17, 15) is 9.59 Å². The molecule has 0 aromatic heterocycles. The molecular weight excluding hydrogens is 384 g/mol. The minimum Gasteiger partial charge on any atom is -0.495 e.